The standard InChI is InChI=1S/C18H34N2O3/c1-3-4-5-6-7-8-9-10-11-12-17-19-16(15(2)21)13-20(17)14-18(22)23/h15-16,21H,3-14H2,1-2H3,(H,22,23). The van der Waals surface area contributed by atoms with Gasteiger partial charge in [-0.25, -0.2) is 0 Å². The van der Waals surface area contributed by atoms with E-state index in [-0.39, 0.29) is 12.6 Å². The minimum atomic E-state index is -0.837. The highest BCUT2D eigenvalue weighted by molar-refractivity contribution is 5.87. The van der Waals surface area contributed by atoms with Crippen LogP contribution in [-0.2, 0) is 4.79 Å². The molecule has 0 aliphatic carbocycles. The number of hydrogen-bond donors (Lipinski definition) is 2. The van der Waals surface area contributed by atoms with Crippen LogP contribution in [0.4, 0.5) is 0 Å². The zero-order chi connectivity index (χ0) is 17.1. The van der Waals surface area contributed by atoms with Crippen molar-refractivity contribution < 1.29 is 15.0 Å². The number of carboxylic acid groups (broad SMARTS) is 1. The Kier molecular flexibility index (Phi) is 9.92. The Balaban J connectivity index is 2.20. The van der Waals surface area contributed by atoms with E-state index in [4.69, 9.17) is 5.11 Å². The van der Waals surface area contributed by atoms with E-state index in [1.807, 2.05) is 4.90 Å². The molecule has 2 atom stereocenters. The van der Waals surface area contributed by atoms with Crippen LogP contribution < -0.4 is 0 Å². The number of amidine groups is 1. The molecule has 1 aliphatic rings. The summed E-state index contributed by atoms with van der Waals surface area (Å²) < 4.78 is 0. The molecule has 1 heterocycles. The Labute approximate surface area is 140 Å². The summed E-state index contributed by atoms with van der Waals surface area (Å²) in [5, 5.41) is 18.7. The van der Waals surface area contributed by atoms with Gasteiger partial charge in [0.15, 0.2) is 0 Å². The first-order chi connectivity index (χ1) is 11.0. The number of carboxylic acids is 1. The van der Waals surface area contributed by atoms with Crippen LogP contribution in [0, 0.1) is 0 Å². The van der Waals surface area contributed by atoms with E-state index < -0.39 is 12.1 Å². The Morgan fingerprint density at radius 2 is 1.74 bits per heavy atom. The van der Waals surface area contributed by atoms with Crippen molar-refractivity contribution in [1.29, 1.82) is 0 Å². The predicted octanol–water partition coefficient (Wildman–Crippen LogP) is 3.46. The van der Waals surface area contributed by atoms with Crippen LogP contribution in [0.1, 0.15) is 78.1 Å². The van der Waals surface area contributed by atoms with Crippen molar-refractivity contribution in [3.63, 3.8) is 0 Å². The molecule has 0 amide bonds. The molecule has 0 aromatic heterocycles. The average Bonchev–Trinajstić information content (AvgIpc) is 2.88. The summed E-state index contributed by atoms with van der Waals surface area (Å²) in [6.45, 7) is 4.46. The molecular formula is C18H34N2O3. The molecule has 0 spiro atoms. The fraction of sp³-hybridized carbons (Fsp3) is 0.889. The third-order valence-electron chi connectivity index (χ3n) is 4.47. The fourth-order valence-corrected chi connectivity index (χ4v) is 3.04. The summed E-state index contributed by atoms with van der Waals surface area (Å²) >= 11 is 0. The minimum absolute atomic E-state index is 0.0144. The van der Waals surface area contributed by atoms with Gasteiger partial charge in [0.2, 0.25) is 0 Å². The second kappa shape index (κ2) is 11.4. The summed E-state index contributed by atoms with van der Waals surface area (Å²) in [4.78, 5) is 17.3. The van der Waals surface area contributed by atoms with Gasteiger partial charge in [0.05, 0.1) is 18.0 Å². The first-order valence-corrected chi connectivity index (χ1v) is 9.26. The maximum absolute atomic E-state index is 10.9. The van der Waals surface area contributed by atoms with E-state index in [0.29, 0.717) is 6.54 Å². The zero-order valence-corrected chi connectivity index (χ0v) is 14.8. The van der Waals surface area contributed by atoms with Gasteiger partial charge in [0, 0.05) is 13.0 Å². The lowest BCUT2D eigenvalue weighted by molar-refractivity contribution is -0.137. The van der Waals surface area contributed by atoms with E-state index >= 15 is 0 Å². The molecule has 5 heteroatoms. The Hall–Kier alpha value is -1.10. The highest BCUT2D eigenvalue weighted by Gasteiger charge is 2.28. The normalized spacial score (nSPS) is 19.0. The van der Waals surface area contributed by atoms with Gasteiger partial charge in [-0.2, -0.15) is 0 Å². The van der Waals surface area contributed by atoms with Gasteiger partial charge in [0.25, 0.3) is 0 Å². The molecule has 2 unspecified atom stereocenters. The van der Waals surface area contributed by atoms with Crippen LogP contribution in [0.15, 0.2) is 4.99 Å². The topological polar surface area (TPSA) is 73.1 Å². The van der Waals surface area contributed by atoms with Crippen molar-refractivity contribution in [3.05, 3.63) is 0 Å². The molecule has 0 fully saturated rings. The van der Waals surface area contributed by atoms with Gasteiger partial charge < -0.3 is 15.1 Å². The monoisotopic (exact) mass is 326 g/mol. The van der Waals surface area contributed by atoms with Gasteiger partial charge in [0.1, 0.15) is 6.54 Å². The maximum atomic E-state index is 10.9. The van der Waals surface area contributed by atoms with Crippen molar-refractivity contribution in [2.45, 2.75) is 90.2 Å². The number of aliphatic imine (C=N–C) groups is 1. The van der Waals surface area contributed by atoms with Crippen molar-refractivity contribution in [2.24, 2.45) is 4.99 Å². The first kappa shape index (κ1) is 19.9. The van der Waals surface area contributed by atoms with E-state index in [0.717, 1.165) is 18.7 Å². The largest absolute Gasteiger partial charge is 0.480 e. The SMILES string of the molecule is CCCCCCCCCCCC1=NC(C(C)O)CN1CC(=O)O. The summed E-state index contributed by atoms with van der Waals surface area (Å²) in [6.07, 6.45) is 11.8. The lowest BCUT2D eigenvalue weighted by Gasteiger charge is -2.19. The molecule has 2 N–H and O–H groups in total. The van der Waals surface area contributed by atoms with Crippen LogP contribution in [0.25, 0.3) is 0 Å². The summed E-state index contributed by atoms with van der Waals surface area (Å²) in [6, 6.07) is -0.178. The number of aliphatic hydroxyl groups is 1. The number of aliphatic carboxylic acids is 1. The number of carbonyl (C=O) groups is 1. The van der Waals surface area contributed by atoms with Crippen molar-refractivity contribution >= 4 is 11.8 Å². The third-order valence-corrected chi connectivity index (χ3v) is 4.47. The second-order valence-corrected chi connectivity index (χ2v) is 6.71. The molecule has 0 aromatic rings. The molecule has 23 heavy (non-hydrogen) atoms. The summed E-state index contributed by atoms with van der Waals surface area (Å²) in [5.41, 5.74) is 0. The van der Waals surface area contributed by atoms with E-state index in [1.165, 1.54) is 51.4 Å². The number of aliphatic hydroxyl groups excluding tert-OH is 1. The van der Waals surface area contributed by atoms with Gasteiger partial charge in [-0.05, 0) is 13.3 Å². The molecule has 5 nitrogen and oxygen atoms in total. The zero-order valence-electron chi connectivity index (χ0n) is 14.8. The van der Waals surface area contributed by atoms with Gasteiger partial charge in [-0.1, -0.05) is 58.3 Å². The van der Waals surface area contributed by atoms with Crippen LogP contribution >= 0.6 is 0 Å². The fourth-order valence-electron chi connectivity index (χ4n) is 3.04. The lowest BCUT2D eigenvalue weighted by Crippen LogP contribution is -2.36. The van der Waals surface area contributed by atoms with Crippen LogP contribution in [0.3, 0.4) is 0 Å². The lowest BCUT2D eigenvalue weighted by atomic mass is 10.1. The molecular weight excluding hydrogens is 292 g/mol. The number of hydrogen-bond acceptors (Lipinski definition) is 4. The molecule has 0 saturated heterocycles. The predicted molar refractivity (Wildman–Crippen MR) is 94.0 cm³/mol. The van der Waals surface area contributed by atoms with Crippen molar-refractivity contribution in [1.82, 2.24) is 4.90 Å². The second-order valence-electron chi connectivity index (χ2n) is 6.71. The van der Waals surface area contributed by atoms with E-state index in [1.54, 1.807) is 6.92 Å². The van der Waals surface area contributed by atoms with E-state index in [2.05, 4.69) is 11.9 Å². The molecule has 0 radical (unpaired) electrons. The molecule has 0 aromatic carbocycles. The summed E-state index contributed by atoms with van der Waals surface area (Å²) in [5.74, 6) is 0.0252. The van der Waals surface area contributed by atoms with Crippen LogP contribution in [-0.4, -0.2) is 52.2 Å². The molecule has 0 saturated carbocycles. The highest BCUT2D eigenvalue weighted by Crippen LogP contribution is 2.17. The summed E-state index contributed by atoms with van der Waals surface area (Å²) in [7, 11) is 0. The minimum Gasteiger partial charge on any atom is -0.480 e. The first-order valence-electron chi connectivity index (χ1n) is 9.26. The number of unbranched alkanes of at least 4 members (excludes halogenated alkanes) is 8. The quantitative estimate of drug-likeness (QED) is 0.508. The Morgan fingerprint density at radius 1 is 1.17 bits per heavy atom. The smallest absolute Gasteiger partial charge is 0.323 e. The Bertz CT molecular complexity index is 369. The number of nitrogens with zero attached hydrogens (tertiary/aromatic N) is 2. The van der Waals surface area contributed by atoms with Crippen LogP contribution in [0.5, 0.6) is 0 Å². The van der Waals surface area contributed by atoms with E-state index in [9.17, 15) is 9.90 Å². The Morgan fingerprint density at radius 3 is 2.26 bits per heavy atom. The highest BCUT2D eigenvalue weighted by atomic mass is 16.4. The molecule has 1 rings (SSSR count). The van der Waals surface area contributed by atoms with Crippen molar-refractivity contribution in [3.8, 4) is 0 Å². The van der Waals surface area contributed by atoms with Crippen molar-refractivity contribution in [2.75, 3.05) is 13.1 Å². The van der Waals surface area contributed by atoms with Crippen LogP contribution in [0.2, 0.25) is 0 Å². The van der Waals surface area contributed by atoms with Gasteiger partial charge >= 0.3 is 5.97 Å². The average molecular weight is 326 g/mol. The third kappa shape index (κ3) is 8.35. The number of rotatable bonds is 13. The van der Waals surface area contributed by atoms with Gasteiger partial charge in [-0.3, -0.25) is 9.79 Å². The molecule has 1 aliphatic heterocycles. The molecule has 0 bridgehead atoms. The maximum Gasteiger partial charge on any atom is 0.323 e. The van der Waals surface area contributed by atoms with Gasteiger partial charge in [-0.15, -0.1) is 0 Å². The molecule has 134 valence electrons.